The second kappa shape index (κ2) is 5.01. The molecule has 0 aromatic heterocycles. The van der Waals surface area contributed by atoms with E-state index >= 15 is 0 Å². The summed E-state index contributed by atoms with van der Waals surface area (Å²) in [5.41, 5.74) is 6.32. The van der Waals surface area contributed by atoms with Gasteiger partial charge in [-0.05, 0) is 42.5 Å². The summed E-state index contributed by atoms with van der Waals surface area (Å²) in [6.07, 6.45) is 0. The van der Waals surface area contributed by atoms with Gasteiger partial charge in [-0.25, -0.2) is 4.79 Å². The van der Waals surface area contributed by atoms with Gasteiger partial charge in [0, 0.05) is 15.5 Å². The van der Waals surface area contributed by atoms with Crippen LogP contribution in [0.15, 0.2) is 52.3 Å². The average molecular weight is 261 g/mol. The van der Waals surface area contributed by atoms with Crippen molar-refractivity contribution in [3.05, 3.63) is 48.0 Å². The fourth-order valence-corrected chi connectivity index (χ4v) is 2.36. The molecule has 2 aromatic rings. The van der Waals surface area contributed by atoms with Gasteiger partial charge >= 0.3 is 5.97 Å². The summed E-state index contributed by atoms with van der Waals surface area (Å²) >= 11 is 1.31. The Hall–Kier alpha value is -2.14. The van der Waals surface area contributed by atoms with Crippen LogP contribution in [0.1, 0.15) is 10.4 Å². The number of rotatable bonds is 3. The van der Waals surface area contributed by atoms with E-state index in [1.807, 2.05) is 12.1 Å². The highest BCUT2D eigenvalue weighted by molar-refractivity contribution is 7.99. The molecule has 4 N–H and O–H groups in total. The molecule has 0 spiro atoms. The fraction of sp³-hybridized carbons (Fsp3) is 0. The Kier molecular flexibility index (Phi) is 3.43. The van der Waals surface area contributed by atoms with Gasteiger partial charge in [0.15, 0.2) is 0 Å². The summed E-state index contributed by atoms with van der Waals surface area (Å²) in [7, 11) is 0. The SMILES string of the molecule is Nc1ccc(Sc2ccc(O)cc2C(=O)O)cc1. The second-order valence-electron chi connectivity index (χ2n) is 3.66. The van der Waals surface area contributed by atoms with Crippen LogP contribution < -0.4 is 5.73 Å². The first kappa shape index (κ1) is 12.3. The standard InChI is InChI=1S/C13H11NO3S/c14-8-1-4-10(5-2-8)18-12-6-3-9(15)7-11(12)13(16)17/h1-7,15H,14H2,(H,16,17). The third kappa shape index (κ3) is 2.75. The average Bonchev–Trinajstić information content (AvgIpc) is 2.34. The number of phenols is 1. The van der Waals surface area contributed by atoms with Gasteiger partial charge in [0.2, 0.25) is 0 Å². The molecule has 0 heterocycles. The molecule has 92 valence electrons. The summed E-state index contributed by atoms with van der Waals surface area (Å²) in [6.45, 7) is 0. The van der Waals surface area contributed by atoms with E-state index < -0.39 is 5.97 Å². The zero-order valence-electron chi connectivity index (χ0n) is 9.33. The minimum absolute atomic E-state index is 0.0611. The molecular formula is C13H11NO3S. The summed E-state index contributed by atoms with van der Waals surface area (Å²) < 4.78 is 0. The van der Waals surface area contributed by atoms with Crippen LogP contribution >= 0.6 is 11.8 Å². The first-order chi connectivity index (χ1) is 8.56. The van der Waals surface area contributed by atoms with Crippen molar-refractivity contribution < 1.29 is 15.0 Å². The van der Waals surface area contributed by atoms with Crippen LogP contribution in [0.25, 0.3) is 0 Å². The topological polar surface area (TPSA) is 83.5 Å². The van der Waals surface area contributed by atoms with Crippen molar-refractivity contribution in [2.75, 3.05) is 5.73 Å². The minimum Gasteiger partial charge on any atom is -0.508 e. The second-order valence-corrected chi connectivity index (χ2v) is 4.77. The van der Waals surface area contributed by atoms with Gasteiger partial charge in [0.05, 0.1) is 5.56 Å². The van der Waals surface area contributed by atoms with Crippen LogP contribution in [0.2, 0.25) is 0 Å². The molecule has 0 bridgehead atoms. The summed E-state index contributed by atoms with van der Waals surface area (Å²) in [5, 5.41) is 18.4. The van der Waals surface area contributed by atoms with Crippen molar-refractivity contribution >= 4 is 23.4 Å². The molecule has 2 rings (SSSR count). The van der Waals surface area contributed by atoms with E-state index in [1.165, 1.54) is 23.9 Å². The van der Waals surface area contributed by atoms with E-state index in [4.69, 9.17) is 10.8 Å². The molecule has 0 fully saturated rings. The van der Waals surface area contributed by atoms with E-state index in [0.29, 0.717) is 10.6 Å². The number of carbonyl (C=O) groups is 1. The zero-order chi connectivity index (χ0) is 13.1. The van der Waals surface area contributed by atoms with Gasteiger partial charge < -0.3 is 15.9 Å². The molecule has 5 heteroatoms. The van der Waals surface area contributed by atoms with Gasteiger partial charge in [-0.15, -0.1) is 0 Å². The lowest BCUT2D eigenvalue weighted by atomic mass is 10.2. The monoisotopic (exact) mass is 261 g/mol. The third-order valence-electron chi connectivity index (χ3n) is 2.30. The van der Waals surface area contributed by atoms with Crippen molar-refractivity contribution in [1.29, 1.82) is 0 Å². The highest BCUT2D eigenvalue weighted by atomic mass is 32.2. The van der Waals surface area contributed by atoms with Gasteiger partial charge in [0.1, 0.15) is 5.75 Å². The maximum atomic E-state index is 11.1. The Morgan fingerprint density at radius 1 is 1.11 bits per heavy atom. The molecule has 0 aliphatic heterocycles. The summed E-state index contributed by atoms with van der Waals surface area (Å²) in [5.74, 6) is -1.13. The number of carboxylic acids is 1. The minimum atomic E-state index is -1.07. The van der Waals surface area contributed by atoms with Crippen LogP contribution in [0.3, 0.4) is 0 Å². The van der Waals surface area contributed by atoms with Crippen molar-refractivity contribution in [3.63, 3.8) is 0 Å². The predicted octanol–water partition coefficient (Wildman–Crippen LogP) is 2.82. The molecule has 4 nitrogen and oxygen atoms in total. The van der Waals surface area contributed by atoms with Crippen molar-refractivity contribution in [3.8, 4) is 5.75 Å². The van der Waals surface area contributed by atoms with E-state index in [-0.39, 0.29) is 11.3 Å². The third-order valence-corrected chi connectivity index (χ3v) is 3.39. The number of nitrogens with two attached hydrogens (primary N) is 1. The van der Waals surface area contributed by atoms with E-state index in [2.05, 4.69) is 0 Å². The zero-order valence-corrected chi connectivity index (χ0v) is 10.1. The number of nitrogen functional groups attached to an aromatic ring is 1. The van der Waals surface area contributed by atoms with E-state index in [1.54, 1.807) is 18.2 Å². The lowest BCUT2D eigenvalue weighted by Gasteiger charge is -2.06. The molecule has 0 aliphatic rings. The van der Waals surface area contributed by atoms with Crippen LogP contribution in [0, 0.1) is 0 Å². The fourth-order valence-electron chi connectivity index (χ4n) is 1.44. The highest BCUT2D eigenvalue weighted by Gasteiger charge is 2.12. The Balaban J connectivity index is 2.34. The lowest BCUT2D eigenvalue weighted by molar-refractivity contribution is 0.0692. The molecular weight excluding hydrogens is 250 g/mol. The molecule has 18 heavy (non-hydrogen) atoms. The highest BCUT2D eigenvalue weighted by Crippen LogP contribution is 2.32. The molecule has 0 radical (unpaired) electrons. The normalized spacial score (nSPS) is 10.2. The first-order valence-corrected chi connectivity index (χ1v) is 5.97. The smallest absolute Gasteiger partial charge is 0.336 e. The first-order valence-electron chi connectivity index (χ1n) is 5.16. The molecule has 0 aliphatic carbocycles. The maximum Gasteiger partial charge on any atom is 0.336 e. The quantitative estimate of drug-likeness (QED) is 0.740. The largest absolute Gasteiger partial charge is 0.508 e. The van der Waals surface area contributed by atoms with E-state index in [0.717, 1.165) is 4.90 Å². The van der Waals surface area contributed by atoms with Crippen molar-refractivity contribution in [1.82, 2.24) is 0 Å². The number of aromatic hydroxyl groups is 1. The summed E-state index contributed by atoms with van der Waals surface area (Å²) in [6, 6.07) is 11.4. The van der Waals surface area contributed by atoms with Gasteiger partial charge in [-0.1, -0.05) is 11.8 Å². The van der Waals surface area contributed by atoms with Crippen LogP contribution in [0.4, 0.5) is 5.69 Å². The van der Waals surface area contributed by atoms with E-state index in [9.17, 15) is 9.90 Å². The Labute approximate surface area is 108 Å². The molecule has 2 aromatic carbocycles. The van der Waals surface area contributed by atoms with Crippen molar-refractivity contribution in [2.24, 2.45) is 0 Å². The number of carboxylic acid groups (broad SMARTS) is 1. The summed E-state index contributed by atoms with van der Waals surface area (Å²) in [4.78, 5) is 12.5. The number of benzene rings is 2. The molecule has 0 atom stereocenters. The Morgan fingerprint density at radius 3 is 2.39 bits per heavy atom. The van der Waals surface area contributed by atoms with Gasteiger partial charge in [0.25, 0.3) is 0 Å². The Morgan fingerprint density at radius 2 is 1.78 bits per heavy atom. The van der Waals surface area contributed by atoms with Crippen molar-refractivity contribution in [2.45, 2.75) is 9.79 Å². The maximum absolute atomic E-state index is 11.1. The molecule has 0 saturated heterocycles. The number of phenolic OH excluding ortho intramolecular Hbond substituents is 1. The van der Waals surface area contributed by atoms with Gasteiger partial charge in [-0.3, -0.25) is 0 Å². The lowest BCUT2D eigenvalue weighted by Crippen LogP contribution is -1.98. The van der Waals surface area contributed by atoms with Crippen LogP contribution in [-0.2, 0) is 0 Å². The molecule has 0 unspecified atom stereocenters. The predicted molar refractivity (Wildman–Crippen MR) is 70.0 cm³/mol. The van der Waals surface area contributed by atoms with Crippen LogP contribution in [-0.4, -0.2) is 16.2 Å². The number of hydrogen-bond acceptors (Lipinski definition) is 4. The molecule has 0 saturated carbocycles. The number of hydrogen-bond donors (Lipinski definition) is 3. The van der Waals surface area contributed by atoms with Crippen LogP contribution in [0.5, 0.6) is 5.75 Å². The molecule has 0 amide bonds. The number of anilines is 1. The van der Waals surface area contributed by atoms with Gasteiger partial charge in [-0.2, -0.15) is 0 Å². The Bertz CT molecular complexity index is 581. The number of aromatic carboxylic acids is 1.